The zero-order chi connectivity index (χ0) is 16.6. The van der Waals surface area contributed by atoms with Gasteiger partial charge in [0, 0.05) is 13.1 Å². The SMILES string of the molecule is O=C(/C=C/CCCC/C=C/c1ccc2c(c1)OCO2)N1CCCC1. The van der Waals surface area contributed by atoms with Crippen LogP contribution in [0.4, 0.5) is 0 Å². The van der Waals surface area contributed by atoms with Gasteiger partial charge in [0.05, 0.1) is 0 Å². The van der Waals surface area contributed by atoms with Crippen LogP contribution in [0.2, 0.25) is 0 Å². The summed E-state index contributed by atoms with van der Waals surface area (Å²) in [5.74, 6) is 1.82. The molecule has 2 heterocycles. The molecule has 2 aliphatic heterocycles. The van der Waals surface area contributed by atoms with Crippen LogP contribution in [0.15, 0.2) is 36.4 Å². The lowest BCUT2D eigenvalue weighted by atomic mass is 10.1. The van der Waals surface area contributed by atoms with Crippen molar-refractivity contribution < 1.29 is 14.3 Å². The summed E-state index contributed by atoms with van der Waals surface area (Å²) in [7, 11) is 0. The van der Waals surface area contributed by atoms with E-state index in [4.69, 9.17) is 9.47 Å². The van der Waals surface area contributed by atoms with Crippen LogP contribution in [-0.2, 0) is 4.79 Å². The third kappa shape index (κ3) is 4.63. The van der Waals surface area contributed by atoms with E-state index in [1.807, 2.05) is 29.2 Å². The van der Waals surface area contributed by atoms with Crippen LogP contribution < -0.4 is 9.47 Å². The summed E-state index contributed by atoms with van der Waals surface area (Å²) in [6.45, 7) is 2.16. The normalized spacial score (nSPS) is 16.6. The highest BCUT2D eigenvalue weighted by Gasteiger charge is 2.14. The molecule has 0 aromatic heterocycles. The second-order valence-corrected chi connectivity index (χ2v) is 6.23. The molecule has 0 N–H and O–H groups in total. The van der Waals surface area contributed by atoms with Gasteiger partial charge in [-0.2, -0.15) is 0 Å². The Morgan fingerprint density at radius 3 is 2.62 bits per heavy atom. The first kappa shape index (κ1) is 16.6. The number of hydrogen-bond acceptors (Lipinski definition) is 3. The fraction of sp³-hybridized carbons (Fsp3) is 0.450. The number of rotatable bonds is 7. The zero-order valence-corrected chi connectivity index (χ0v) is 14.1. The highest BCUT2D eigenvalue weighted by Crippen LogP contribution is 2.32. The molecule has 0 atom stereocenters. The minimum absolute atomic E-state index is 0.176. The first-order valence-electron chi connectivity index (χ1n) is 8.84. The summed E-state index contributed by atoms with van der Waals surface area (Å²) in [6, 6.07) is 5.99. The van der Waals surface area contributed by atoms with Crippen molar-refractivity contribution in [2.45, 2.75) is 38.5 Å². The van der Waals surface area contributed by atoms with Crippen LogP contribution in [0.1, 0.15) is 44.1 Å². The summed E-state index contributed by atoms with van der Waals surface area (Å²) < 4.78 is 10.7. The van der Waals surface area contributed by atoms with Gasteiger partial charge in [-0.05, 0) is 62.3 Å². The fourth-order valence-electron chi connectivity index (χ4n) is 2.99. The van der Waals surface area contributed by atoms with Gasteiger partial charge in [0.15, 0.2) is 11.5 Å². The average molecular weight is 327 g/mol. The molecule has 0 aliphatic carbocycles. The Labute approximate surface area is 143 Å². The quantitative estimate of drug-likeness (QED) is 0.557. The van der Waals surface area contributed by atoms with E-state index >= 15 is 0 Å². The number of unbranched alkanes of at least 4 members (excludes halogenated alkanes) is 3. The highest BCUT2D eigenvalue weighted by molar-refractivity contribution is 5.87. The van der Waals surface area contributed by atoms with E-state index in [0.29, 0.717) is 6.79 Å². The molecule has 24 heavy (non-hydrogen) atoms. The molecular formula is C20H25NO3. The Morgan fingerprint density at radius 1 is 1.04 bits per heavy atom. The monoisotopic (exact) mass is 327 g/mol. The summed E-state index contributed by atoms with van der Waals surface area (Å²) in [6.07, 6.45) is 14.6. The number of amides is 1. The maximum Gasteiger partial charge on any atom is 0.246 e. The molecule has 128 valence electrons. The van der Waals surface area contributed by atoms with Crippen LogP contribution in [0.5, 0.6) is 11.5 Å². The zero-order valence-electron chi connectivity index (χ0n) is 14.1. The van der Waals surface area contributed by atoms with Gasteiger partial charge in [0.25, 0.3) is 0 Å². The Morgan fingerprint density at radius 2 is 1.79 bits per heavy atom. The van der Waals surface area contributed by atoms with E-state index in [2.05, 4.69) is 12.2 Å². The van der Waals surface area contributed by atoms with Crippen LogP contribution in [0.25, 0.3) is 6.08 Å². The van der Waals surface area contributed by atoms with Crippen molar-refractivity contribution in [1.82, 2.24) is 4.90 Å². The molecule has 0 bridgehead atoms. The number of carbonyl (C=O) groups excluding carboxylic acids is 1. The van der Waals surface area contributed by atoms with Crippen LogP contribution >= 0.6 is 0 Å². The largest absolute Gasteiger partial charge is 0.454 e. The van der Waals surface area contributed by atoms with Gasteiger partial charge in [-0.1, -0.05) is 24.3 Å². The molecule has 1 aromatic carbocycles. The molecule has 0 saturated carbocycles. The predicted octanol–water partition coefficient (Wildman–Crippen LogP) is 4.17. The van der Waals surface area contributed by atoms with Gasteiger partial charge >= 0.3 is 0 Å². The topological polar surface area (TPSA) is 38.8 Å². The second-order valence-electron chi connectivity index (χ2n) is 6.23. The summed E-state index contributed by atoms with van der Waals surface area (Å²) in [5.41, 5.74) is 1.13. The van der Waals surface area contributed by atoms with E-state index in [1.165, 1.54) is 0 Å². The summed E-state index contributed by atoms with van der Waals surface area (Å²) >= 11 is 0. The lowest BCUT2D eigenvalue weighted by Gasteiger charge is -2.11. The summed E-state index contributed by atoms with van der Waals surface area (Å²) in [5, 5.41) is 0. The molecule has 0 radical (unpaired) electrons. The Balaban J connectivity index is 1.30. The molecule has 3 rings (SSSR count). The third-order valence-electron chi connectivity index (χ3n) is 4.38. The first-order valence-corrected chi connectivity index (χ1v) is 8.84. The molecule has 1 amide bonds. The van der Waals surface area contributed by atoms with E-state index in [-0.39, 0.29) is 5.91 Å². The molecule has 4 nitrogen and oxygen atoms in total. The molecule has 2 aliphatic rings. The van der Waals surface area contributed by atoms with Crippen LogP contribution in [0.3, 0.4) is 0 Å². The maximum atomic E-state index is 11.8. The van der Waals surface area contributed by atoms with E-state index in [1.54, 1.807) is 6.08 Å². The maximum absolute atomic E-state index is 11.8. The molecule has 1 aromatic rings. The lowest BCUT2D eigenvalue weighted by molar-refractivity contribution is -0.125. The Hall–Kier alpha value is -2.23. The van der Waals surface area contributed by atoms with Crippen molar-refractivity contribution in [3.05, 3.63) is 42.0 Å². The lowest BCUT2D eigenvalue weighted by Crippen LogP contribution is -2.25. The van der Waals surface area contributed by atoms with Crippen molar-refractivity contribution in [3.63, 3.8) is 0 Å². The van der Waals surface area contributed by atoms with Crippen molar-refractivity contribution in [2.24, 2.45) is 0 Å². The average Bonchev–Trinajstić information content (AvgIpc) is 3.28. The number of hydrogen-bond donors (Lipinski definition) is 0. The Bertz CT molecular complexity index is 615. The molecule has 0 unspecified atom stereocenters. The molecule has 1 fully saturated rings. The minimum Gasteiger partial charge on any atom is -0.454 e. The van der Waals surface area contributed by atoms with Crippen molar-refractivity contribution in [1.29, 1.82) is 0 Å². The van der Waals surface area contributed by atoms with Crippen molar-refractivity contribution in [2.75, 3.05) is 19.9 Å². The standard InChI is InChI=1S/C20H25NO3/c22-20(21-13-7-8-14-21)10-6-4-2-1-3-5-9-17-11-12-18-19(15-17)24-16-23-18/h5-6,9-12,15H,1-4,7-8,13-14,16H2/b9-5+,10-6+. The molecule has 1 saturated heterocycles. The number of ether oxygens (including phenoxy) is 2. The van der Waals surface area contributed by atoms with Crippen LogP contribution in [-0.4, -0.2) is 30.7 Å². The van der Waals surface area contributed by atoms with Gasteiger partial charge < -0.3 is 14.4 Å². The number of fused-ring (bicyclic) bond motifs is 1. The molecule has 0 spiro atoms. The van der Waals surface area contributed by atoms with Gasteiger partial charge in [-0.25, -0.2) is 0 Å². The summed E-state index contributed by atoms with van der Waals surface area (Å²) in [4.78, 5) is 13.8. The van der Waals surface area contributed by atoms with Gasteiger partial charge in [-0.3, -0.25) is 4.79 Å². The van der Waals surface area contributed by atoms with E-state index in [0.717, 1.165) is 68.7 Å². The number of benzene rings is 1. The highest BCUT2D eigenvalue weighted by atomic mass is 16.7. The molecular weight excluding hydrogens is 302 g/mol. The van der Waals surface area contributed by atoms with Crippen LogP contribution in [0, 0.1) is 0 Å². The van der Waals surface area contributed by atoms with Crippen molar-refractivity contribution >= 4 is 12.0 Å². The Kier molecular flexibility index (Phi) is 5.94. The predicted molar refractivity (Wildman–Crippen MR) is 95.0 cm³/mol. The third-order valence-corrected chi connectivity index (χ3v) is 4.38. The molecule has 4 heteroatoms. The van der Waals surface area contributed by atoms with E-state index in [9.17, 15) is 4.79 Å². The first-order chi connectivity index (χ1) is 11.8. The second kappa shape index (κ2) is 8.57. The van der Waals surface area contributed by atoms with Gasteiger partial charge in [-0.15, -0.1) is 0 Å². The number of likely N-dealkylation sites (tertiary alicyclic amines) is 1. The number of carbonyl (C=O) groups is 1. The van der Waals surface area contributed by atoms with Gasteiger partial charge in [0.1, 0.15) is 0 Å². The number of allylic oxidation sites excluding steroid dienone is 2. The fourth-order valence-corrected chi connectivity index (χ4v) is 2.99. The smallest absolute Gasteiger partial charge is 0.246 e. The van der Waals surface area contributed by atoms with Crippen molar-refractivity contribution in [3.8, 4) is 11.5 Å². The minimum atomic E-state index is 0.176. The number of nitrogens with zero attached hydrogens (tertiary/aromatic N) is 1. The van der Waals surface area contributed by atoms with E-state index < -0.39 is 0 Å². The van der Waals surface area contributed by atoms with Gasteiger partial charge in [0.2, 0.25) is 12.7 Å².